The lowest BCUT2D eigenvalue weighted by Gasteiger charge is -2.37. The number of fused-ring (bicyclic) bond motifs is 1. The number of anilines is 2. The van der Waals surface area contributed by atoms with E-state index < -0.39 is 0 Å². The maximum Gasteiger partial charge on any atom is 0.180 e. The first kappa shape index (κ1) is 12.2. The lowest BCUT2D eigenvalue weighted by Crippen LogP contribution is -2.48. The monoisotopic (exact) mass is 261 g/mol. The van der Waals surface area contributed by atoms with Gasteiger partial charge in [-0.25, -0.2) is 9.97 Å². The smallest absolute Gasteiger partial charge is 0.180 e. The number of nitrogens with one attached hydrogen (secondary N) is 1. The van der Waals surface area contributed by atoms with Crippen LogP contribution in [-0.2, 0) is 4.74 Å². The van der Waals surface area contributed by atoms with E-state index in [2.05, 4.69) is 34.0 Å². The summed E-state index contributed by atoms with van der Waals surface area (Å²) in [5, 5.41) is 3.10. The van der Waals surface area contributed by atoms with Gasteiger partial charge in [-0.2, -0.15) is 0 Å². The Morgan fingerprint density at radius 3 is 3.05 bits per heavy atom. The molecule has 0 aliphatic carbocycles. The molecule has 19 heavy (non-hydrogen) atoms. The molecular weight excluding hydrogens is 242 g/mol. The molecule has 1 N–H and O–H groups in total. The Kier molecular flexibility index (Phi) is 3.02. The summed E-state index contributed by atoms with van der Waals surface area (Å²) in [6, 6.07) is 0.302. The molecule has 0 radical (unpaired) electrons. The molecule has 6 nitrogen and oxygen atoms in total. The van der Waals surface area contributed by atoms with E-state index in [4.69, 9.17) is 4.74 Å². The maximum absolute atomic E-state index is 5.68. The number of rotatable bonds is 2. The lowest BCUT2D eigenvalue weighted by atomic mass is 10.2. The Hall–Kier alpha value is -1.82. The average Bonchev–Trinajstić information content (AvgIpc) is 2.88. The highest BCUT2D eigenvalue weighted by atomic mass is 16.5. The van der Waals surface area contributed by atoms with Crippen molar-refractivity contribution in [1.82, 2.24) is 14.4 Å². The lowest BCUT2D eigenvalue weighted by molar-refractivity contribution is 0.0341. The Balaban J connectivity index is 2.09. The summed E-state index contributed by atoms with van der Waals surface area (Å²) in [7, 11) is 1.88. The van der Waals surface area contributed by atoms with Crippen LogP contribution in [0.2, 0.25) is 0 Å². The van der Waals surface area contributed by atoms with Crippen molar-refractivity contribution >= 4 is 17.3 Å². The second-order valence-corrected chi connectivity index (χ2v) is 5.00. The Morgan fingerprint density at radius 1 is 1.42 bits per heavy atom. The summed E-state index contributed by atoms with van der Waals surface area (Å²) in [5.74, 6) is 1.76. The molecule has 1 aliphatic rings. The number of imidazole rings is 1. The van der Waals surface area contributed by atoms with Gasteiger partial charge in [-0.3, -0.25) is 0 Å². The summed E-state index contributed by atoms with van der Waals surface area (Å²) >= 11 is 0. The van der Waals surface area contributed by atoms with E-state index in [1.54, 1.807) is 6.20 Å². The van der Waals surface area contributed by atoms with Crippen molar-refractivity contribution in [1.29, 1.82) is 0 Å². The van der Waals surface area contributed by atoms with E-state index in [-0.39, 0.29) is 6.10 Å². The topological polar surface area (TPSA) is 54.7 Å². The molecule has 1 fully saturated rings. The van der Waals surface area contributed by atoms with Gasteiger partial charge in [0.15, 0.2) is 11.5 Å². The van der Waals surface area contributed by atoms with Gasteiger partial charge in [-0.15, -0.1) is 0 Å². The van der Waals surface area contributed by atoms with Crippen LogP contribution in [0.4, 0.5) is 11.6 Å². The second-order valence-electron chi connectivity index (χ2n) is 5.00. The van der Waals surface area contributed by atoms with Gasteiger partial charge >= 0.3 is 0 Å². The number of aromatic nitrogens is 3. The van der Waals surface area contributed by atoms with Crippen LogP contribution in [-0.4, -0.2) is 46.7 Å². The summed E-state index contributed by atoms with van der Waals surface area (Å²) in [4.78, 5) is 11.4. The third kappa shape index (κ3) is 2.12. The molecule has 0 amide bonds. The predicted molar refractivity (Wildman–Crippen MR) is 74.8 cm³/mol. The minimum absolute atomic E-state index is 0.214. The van der Waals surface area contributed by atoms with Gasteiger partial charge in [0.05, 0.1) is 24.9 Å². The molecule has 0 aromatic carbocycles. The molecule has 102 valence electrons. The first-order chi connectivity index (χ1) is 9.19. The predicted octanol–water partition coefficient (Wildman–Crippen LogP) is 1.38. The van der Waals surface area contributed by atoms with Gasteiger partial charge in [-0.1, -0.05) is 0 Å². The fourth-order valence-electron chi connectivity index (χ4n) is 2.43. The molecule has 3 rings (SSSR count). The van der Waals surface area contributed by atoms with Crippen molar-refractivity contribution in [3.8, 4) is 0 Å². The quantitative estimate of drug-likeness (QED) is 0.885. The molecule has 2 aromatic heterocycles. The van der Waals surface area contributed by atoms with Crippen molar-refractivity contribution in [3.05, 3.63) is 18.6 Å². The Morgan fingerprint density at radius 2 is 2.26 bits per heavy atom. The first-order valence-corrected chi connectivity index (χ1v) is 6.58. The SMILES string of the molecule is CNc1cn2ccnc2c(N2CC(C)OCC2C)n1. The van der Waals surface area contributed by atoms with Crippen molar-refractivity contribution in [2.45, 2.75) is 26.0 Å². The van der Waals surface area contributed by atoms with Crippen molar-refractivity contribution in [2.24, 2.45) is 0 Å². The van der Waals surface area contributed by atoms with Gasteiger partial charge in [0, 0.05) is 26.0 Å². The minimum Gasteiger partial charge on any atom is -0.375 e. The maximum atomic E-state index is 5.68. The normalized spacial score (nSPS) is 23.8. The molecule has 0 saturated carbocycles. The molecule has 2 aromatic rings. The molecule has 6 heteroatoms. The fraction of sp³-hybridized carbons (Fsp3) is 0.538. The molecule has 2 unspecified atom stereocenters. The third-order valence-corrected chi connectivity index (χ3v) is 3.49. The molecule has 0 spiro atoms. The molecule has 1 saturated heterocycles. The van der Waals surface area contributed by atoms with Gasteiger partial charge < -0.3 is 19.4 Å². The molecule has 3 heterocycles. The average molecular weight is 261 g/mol. The third-order valence-electron chi connectivity index (χ3n) is 3.49. The van der Waals surface area contributed by atoms with Crippen LogP contribution in [0, 0.1) is 0 Å². The van der Waals surface area contributed by atoms with Crippen molar-refractivity contribution < 1.29 is 4.74 Å². The molecule has 2 atom stereocenters. The highest BCUT2D eigenvalue weighted by Gasteiger charge is 2.27. The van der Waals surface area contributed by atoms with Gasteiger partial charge in [0.2, 0.25) is 0 Å². The Labute approximate surface area is 112 Å². The molecule has 1 aliphatic heterocycles. The van der Waals surface area contributed by atoms with Crippen molar-refractivity contribution in [2.75, 3.05) is 30.4 Å². The van der Waals surface area contributed by atoms with Crippen LogP contribution in [0.15, 0.2) is 18.6 Å². The van der Waals surface area contributed by atoms with Gasteiger partial charge in [-0.05, 0) is 13.8 Å². The number of nitrogens with zero attached hydrogens (tertiary/aromatic N) is 4. The van der Waals surface area contributed by atoms with Crippen LogP contribution in [0.5, 0.6) is 0 Å². The van der Waals surface area contributed by atoms with E-state index in [1.165, 1.54) is 0 Å². The summed E-state index contributed by atoms with van der Waals surface area (Å²) in [6.07, 6.45) is 5.90. The van der Waals surface area contributed by atoms with E-state index in [0.29, 0.717) is 6.04 Å². The minimum atomic E-state index is 0.214. The largest absolute Gasteiger partial charge is 0.375 e. The highest BCUT2D eigenvalue weighted by Crippen LogP contribution is 2.25. The number of hydrogen-bond acceptors (Lipinski definition) is 5. The van der Waals surface area contributed by atoms with E-state index in [9.17, 15) is 0 Å². The van der Waals surface area contributed by atoms with Crippen LogP contribution in [0.25, 0.3) is 5.65 Å². The summed E-state index contributed by atoms with van der Waals surface area (Å²) in [5.41, 5.74) is 0.889. The zero-order chi connectivity index (χ0) is 13.4. The molecule has 0 bridgehead atoms. The zero-order valence-corrected chi connectivity index (χ0v) is 11.5. The van der Waals surface area contributed by atoms with E-state index in [1.807, 2.05) is 23.8 Å². The van der Waals surface area contributed by atoms with Crippen LogP contribution in [0.1, 0.15) is 13.8 Å². The number of morpholine rings is 1. The van der Waals surface area contributed by atoms with Crippen LogP contribution < -0.4 is 10.2 Å². The Bertz CT molecular complexity index is 581. The van der Waals surface area contributed by atoms with E-state index >= 15 is 0 Å². The van der Waals surface area contributed by atoms with E-state index in [0.717, 1.165) is 30.4 Å². The van der Waals surface area contributed by atoms with Crippen molar-refractivity contribution in [3.63, 3.8) is 0 Å². The molecular formula is C13H19N5O. The zero-order valence-electron chi connectivity index (χ0n) is 11.5. The highest BCUT2D eigenvalue weighted by molar-refractivity contribution is 5.67. The van der Waals surface area contributed by atoms with Crippen LogP contribution in [0.3, 0.4) is 0 Å². The first-order valence-electron chi connectivity index (χ1n) is 6.58. The fourth-order valence-corrected chi connectivity index (χ4v) is 2.43. The summed E-state index contributed by atoms with van der Waals surface area (Å²) in [6.45, 7) is 5.80. The summed E-state index contributed by atoms with van der Waals surface area (Å²) < 4.78 is 7.68. The van der Waals surface area contributed by atoms with Gasteiger partial charge in [0.1, 0.15) is 5.82 Å². The number of ether oxygens (including phenoxy) is 1. The van der Waals surface area contributed by atoms with Crippen LogP contribution >= 0.6 is 0 Å². The second kappa shape index (κ2) is 4.70. The number of hydrogen-bond donors (Lipinski definition) is 1. The van der Waals surface area contributed by atoms with Gasteiger partial charge in [0.25, 0.3) is 0 Å². The standard InChI is InChI=1S/C13H19N5O/c1-9-8-19-10(2)6-18(9)13-12-15-4-5-17(12)7-11(14-3)16-13/h4-5,7,9-10,14H,6,8H2,1-3H3.